The highest BCUT2D eigenvalue weighted by Gasteiger charge is 2.31. The molecule has 0 fully saturated rings. The smallest absolute Gasteiger partial charge is 0.356 e. The van der Waals surface area contributed by atoms with Gasteiger partial charge in [-0.2, -0.15) is 13.2 Å². The maximum atomic E-state index is 13.0. The molecule has 0 radical (unpaired) electrons. The van der Waals surface area contributed by atoms with E-state index < -0.39 is 11.7 Å². The van der Waals surface area contributed by atoms with Gasteiger partial charge in [-0.05, 0) is 30.3 Å². The molecule has 5 nitrogen and oxygen atoms in total. The van der Waals surface area contributed by atoms with Crippen molar-refractivity contribution in [1.82, 2.24) is 20.3 Å². The largest absolute Gasteiger partial charge is 0.416 e. The van der Waals surface area contributed by atoms with Crippen LogP contribution in [0.4, 0.5) is 13.2 Å². The van der Waals surface area contributed by atoms with E-state index in [2.05, 4.69) is 36.2 Å². The molecule has 3 aromatic rings. The topological polar surface area (TPSA) is 70.7 Å². The lowest BCUT2D eigenvalue weighted by molar-refractivity contribution is -0.137. The van der Waals surface area contributed by atoms with Crippen LogP contribution in [0.3, 0.4) is 0 Å². The van der Waals surface area contributed by atoms with Crippen molar-refractivity contribution >= 4 is 21.8 Å². The normalized spacial score (nSPS) is 14.0. The van der Waals surface area contributed by atoms with Crippen LogP contribution in [0.25, 0.3) is 22.8 Å². The Bertz CT molecular complexity index is 1050. The number of amides is 1. The zero-order valence-electron chi connectivity index (χ0n) is 13.7. The summed E-state index contributed by atoms with van der Waals surface area (Å²) in [6, 6.07) is 6.66. The van der Waals surface area contributed by atoms with E-state index in [-0.39, 0.29) is 17.3 Å². The zero-order chi connectivity index (χ0) is 19.2. The number of fused-ring (bicyclic) bond motifs is 1. The molecule has 1 aromatic carbocycles. The summed E-state index contributed by atoms with van der Waals surface area (Å²) in [5.74, 6) is -0.00356. The number of aromatic amines is 1. The number of rotatable bonds is 2. The van der Waals surface area contributed by atoms with Gasteiger partial charge in [-0.25, -0.2) is 9.97 Å². The summed E-state index contributed by atoms with van der Waals surface area (Å²) in [5.41, 5.74) is 1.93. The van der Waals surface area contributed by atoms with Crippen LogP contribution in [0.5, 0.6) is 0 Å². The van der Waals surface area contributed by atoms with Crippen molar-refractivity contribution in [3.8, 4) is 22.8 Å². The summed E-state index contributed by atoms with van der Waals surface area (Å²) >= 11 is 3.26. The van der Waals surface area contributed by atoms with Gasteiger partial charge in [0, 0.05) is 34.9 Å². The molecule has 0 atom stereocenters. The highest BCUT2D eigenvalue weighted by molar-refractivity contribution is 9.10. The van der Waals surface area contributed by atoms with Crippen molar-refractivity contribution in [1.29, 1.82) is 0 Å². The van der Waals surface area contributed by atoms with Gasteiger partial charge in [0.2, 0.25) is 0 Å². The highest BCUT2D eigenvalue weighted by atomic mass is 79.9. The molecule has 2 N–H and O–H groups in total. The van der Waals surface area contributed by atoms with Crippen LogP contribution in [0.15, 0.2) is 41.0 Å². The zero-order valence-corrected chi connectivity index (χ0v) is 15.3. The number of nitrogens with one attached hydrogen (secondary N) is 2. The van der Waals surface area contributed by atoms with Crippen molar-refractivity contribution in [2.75, 3.05) is 6.54 Å². The van der Waals surface area contributed by atoms with E-state index in [0.29, 0.717) is 34.4 Å². The van der Waals surface area contributed by atoms with Crippen molar-refractivity contribution in [2.24, 2.45) is 0 Å². The van der Waals surface area contributed by atoms with Gasteiger partial charge in [0.1, 0.15) is 0 Å². The molecule has 138 valence electrons. The van der Waals surface area contributed by atoms with Gasteiger partial charge >= 0.3 is 6.18 Å². The first-order valence-corrected chi connectivity index (χ1v) is 8.83. The molecule has 0 spiro atoms. The second kappa shape index (κ2) is 6.49. The molecule has 2 aromatic heterocycles. The maximum Gasteiger partial charge on any atom is 0.416 e. The standard InChI is InChI=1S/C18H12BrF3N4O/c19-12-2-1-9(18(20,21)22)7-10(12)16-23-5-4-14(26-16)15-8-11-13(25-15)3-6-24-17(11)27/h1-2,4-5,7-8,25H,3,6H2,(H,24,27). The molecule has 1 aliphatic rings. The van der Waals surface area contributed by atoms with Gasteiger partial charge in [0.15, 0.2) is 5.82 Å². The van der Waals surface area contributed by atoms with E-state index in [9.17, 15) is 18.0 Å². The SMILES string of the molecule is O=C1NCCc2[nH]c(-c3ccnc(-c4cc(C(F)(F)F)ccc4Br)n3)cc21. The van der Waals surface area contributed by atoms with Gasteiger partial charge in [0.25, 0.3) is 5.91 Å². The average molecular weight is 437 g/mol. The fourth-order valence-electron chi connectivity index (χ4n) is 2.94. The Morgan fingerprint density at radius 3 is 2.67 bits per heavy atom. The van der Waals surface area contributed by atoms with Crippen molar-refractivity contribution in [2.45, 2.75) is 12.6 Å². The molecule has 0 saturated heterocycles. The van der Waals surface area contributed by atoms with Gasteiger partial charge < -0.3 is 10.3 Å². The minimum absolute atomic E-state index is 0.155. The summed E-state index contributed by atoms with van der Waals surface area (Å²) in [4.78, 5) is 23.6. The number of carbonyl (C=O) groups is 1. The third kappa shape index (κ3) is 3.34. The van der Waals surface area contributed by atoms with Crippen molar-refractivity contribution in [3.05, 3.63) is 57.8 Å². The Hall–Kier alpha value is -2.68. The lowest BCUT2D eigenvalue weighted by Crippen LogP contribution is -2.31. The monoisotopic (exact) mass is 436 g/mol. The van der Waals surface area contributed by atoms with Gasteiger partial charge in [0.05, 0.1) is 22.5 Å². The summed E-state index contributed by atoms with van der Waals surface area (Å²) in [7, 11) is 0. The highest BCUT2D eigenvalue weighted by Crippen LogP contribution is 2.35. The Balaban J connectivity index is 1.77. The molecule has 0 saturated carbocycles. The molecule has 0 bridgehead atoms. The fraction of sp³-hybridized carbons (Fsp3) is 0.167. The quantitative estimate of drug-likeness (QED) is 0.632. The van der Waals surface area contributed by atoms with Crippen LogP contribution in [-0.2, 0) is 12.6 Å². The molecule has 4 rings (SSSR count). The minimum Gasteiger partial charge on any atom is -0.356 e. The van der Waals surface area contributed by atoms with Crippen molar-refractivity contribution < 1.29 is 18.0 Å². The summed E-state index contributed by atoms with van der Waals surface area (Å²) < 4.78 is 39.5. The molecule has 9 heteroatoms. The lowest BCUT2D eigenvalue weighted by atomic mass is 10.1. The number of hydrogen-bond donors (Lipinski definition) is 2. The number of hydrogen-bond acceptors (Lipinski definition) is 3. The van der Waals surface area contributed by atoms with Crippen LogP contribution in [0.1, 0.15) is 21.6 Å². The van der Waals surface area contributed by atoms with E-state index in [1.54, 1.807) is 12.1 Å². The first kappa shape index (κ1) is 17.7. The van der Waals surface area contributed by atoms with E-state index in [1.165, 1.54) is 12.3 Å². The summed E-state index contributed by atoms with van der Waals surface area (Å²) in [5, 5.41) is 2.76. The van der Waals surface area contributed by atoms with E-state index in [1.807, 2.05) is 0 Å². The second-order valence-electron chi connectivity index (χ2n) is 6.04. The van der Waals surface area contributed by atoms with Crippen LogP contribution >= 0.6 is 15.9 Å². The van der Waals surface area contributed by atoms with Crippen LogP contribution < -0.4 is 5.32 Å². The first-order chi connectivity index (χ1) is 12.8. The van der Waals surface area contributed by atoms with Crippen LogP contribution in [0, 0.1) is 0 Å². The number of H-pyrrole nitrogens is 1. The predicted octanol–water partition coefficient (Wildman–Crippen LogP) is 4.21. The average Bonchev–Trinajstić information content (AvgIpc) is 3.07. The number of aromatic nitrogens is 3. The Kier molecular flexibility index (Phi) is 4.26. The number of alkyl halides is 3. The first-order valence-electron chi connectivity index (χ1n) is 8.03. The summed E-state index contributed by atoms with van der Waals surface area (Å²) in [6.45, 7) is 0.554. The van der Waals surface area contributed by atoms with Crippen LogP contribution in [0.2, 0.25) is 0 Å². The Labute approximate surface area is 160 Å². The third-order valence-corrected chi connectivity index (χ3v) is 4.96. The molecule has 0 unspecified atom stereocenters. The van der Waals surface area contributed by atoms with Crippen LogP contribution in [-0.4, -0.2) is 27.4 Å². The molecule has 3 heterocycles. The fourth-order valence-corrected chi connectivity index (χ4v) is 3.37. The van der Waals surface area contributed by atoms with E-state index in [4.69, 9.17) is 0 Å². The third-order valence-electron chi connectivity index (χ3n) is 4.27. The molecule has 27 heavy (non-hydrogen) atoms. The van der Waals surface area contributed by atoms with Gasteiger partial charge in [-0.1, -0.05) is 15.9 Å². The minimum atomic E-state index is -4.46. The number of nitrogens with zero attached hydrogens (tertiary/aromatic N) is 2. The predicted molar refractivity (Wildman–Crippen MR) is 96.0 cm³/mol. The number of halogens is 4. The number of benzene rings is 1. The lowest BCUT2D eigenvalue weighted by Gasteiger charge is -2.11. The molecule has 0 aliphatic carbocycles. The molecule has 1 amide bonds. The Morgan fingerprint density at radius 1 is 1.11 bits per heavy atom. The van der Waals surface area contributed by atoms with Gasteiger partial charge in [-0.3, -0.25) is 4.79 Å². The van der Waals surface area contributed by atoms with Gasteiger partial charge in [-0.15, -0.1) is 0 Å². The maximum absolute atomic E-state index is 13.0. The molecular formula is C18H12BrF3N4O. The molecular weight excluding hydrogens is 425 g/mol. The summed E-state index contributed by atoms with van der Waals surface area (Å²) in [6.07, 6.45) is -2.30. The second-order valence-corrected chi connectivity index (χ2v) is 6.89. The Morgan fingerprint density at radius 2 is 1.93 bits per heavy atom. The van der Waals surface area contributed by atoms with E-state index >= 15 is 0 Å². The van der Waals surface area contributed by atoms with E-state index in [0.717, 1.165) is 17.8 Å². The molecule has 1 aliphatic heterocycles. The number of carbonyl (C=O) groups excluding carboxylic acids is 1. The van der Waals surface area contributed by atoms with Crippen molar-refractivity contribution in [3.63, 3.8) is 0 Å².